The lowest BCUT2D eigenvalue weighted by atomic mass is 10.0. The zero-order valence-corrected chi connectivity index (χ0v) is 13.8. The highest BCUT2D eigenvalue weighted by molar-refractivity contribution is 6.06. The molecule has 0 unspecified atom stereocenters. The molecule has 7 nitrogen and oxygen atoms in total. The average Bonchev–Trinajstić information content (AvgIpc) is 2.59. The third-order valence-electron chi connectivity index (χ3n) is 4.16. The number of carbonyl (C=O) groups is 3. The van der Waals surface area contributed by atoms with Gasteiger partial charge in [-0.1, -0.05) is 0 Å². The molecule has 0 saturated carbocycles. The van der Waals surface area contributed by atoms with Gasteiger partial charge in [0.15, 0.2) is 0 Å². The molecule has 22 heavy (non-hydrogen) atoms. The monoisotopic (exact) mass is 311 g/mol. The molecule has 0 aromatic rings. The SMILES string of the molecule is CC1(C)NC(=O)N(CCCC(=O)N2CCOCC2(C)C)C1=O. The van der Waals surface area contributed by atoms with Crippen LogP contribution in [0.4, 0.5) is 4.79 Å². The predicted octanol–water partition coefficient (Wildman–Crippen LogP) is 0.734. The highest BCUT2D eigenvalue weighted by atomic mass is 16.5. The minimum atomic E-state index is -0.854. The first-order valence-electron chi connectivity index (χ1n) is 7.67. The van der Waals surface area contributed by atoms with Crippen molar-refractivity contribution in [1.82, 2.24) is 15.1 Å². The fraction of sp³-hybridized carbons (Fsp3) is 0.800. The van der Waals surface area contributed by atoms with Gasteiger partial charge in [-0.2, -0.15) is 0 Å². The third-order valence-corrected chi connectivity index (χ3v) is 4.16. The van der Waals surface area contributed by atoms with E-state index in [1.807, 2.05) is 18.7 Å². The highest BCUT2D eigenvalue weighted by Crippen LogP contribution is 2.21. The lowest BCUT2D eigenvalue weighted by molar-refractivity contribution is -0.146. The molecule has 0 spiro atoms. The Hall–Kier alpha value is -1.63. The summed E-state index contributed by atoms with van der Waals surface area (Å²) in [5.41, 5.74) is -1.16. The summed E-state index contributed by atoms with van der Waals surface area (Å²) in [4.78, 5) is 39.2. The Balaban J connectivity index is 1.85. The first-order valence-corrected chi connectivity index (χ1v) is 7.67. The number of rotatable bonds is 4. The molecule has 2 fully saturated rings. The van der Waals surface area contributed by atoms with Gasteiger partial charge in [0.05, 0.1) is 18.8 Å². The van der Waals surface area contributed by atoms with E-state index in [9.17, 15) is 14.4 Å². The molecule has 2 aliphatic heterocycles. The number of urea groups is 1. The Bertz CT molecular complexity index is 487. The van der Waals surface area contributed by atoms with Crippen LogP contribution in [0.15, 0.2) is 0 Å². The van der Waals surface area contributed by atoms with Gasteiger partial charge in [-0.15, -0.1) is 0 Å². The molecule has 0 bridgehead atoms. The summed E-state index contributed by atoms with van der Waals surface area (Å²) >= 11 is 0. The number of amides is 4. The van der Waals surface area contributed by atoms with Crippen molar-refractivity contribution in [3.8, 4) is 0 Å². The van der Waals surface area contributed by atoms with E-state index < -0.39 is 5.54 Å². The van der Waals surface area contributed by atoms with E-state index in [-0.39, 0.29) is 29.9 Å². The Morgan fingerprint density at radius 1 is 1.27 bits per heavy atom. The van der Waals surface area contributed by atoms with Gasteiger partial charge in [0.25, 0.3) is 5.91 Å². The Kier molecular flexibility index (Phi) is 4.47. The summed E-state index contributed by atoms with van der Waals surface area (Å²) in [6, 6.07) is -0.380. The minimum Gasteiger partial charge on any atom is -0.377 e. The maximum Gasteiger partial charge on any atom is 0.325 e. The van der Waals surface area contributed by atoms with Gasteiger partial charge >= 0.3 is 6.03 Å². The summed E-state index contributed by atoms with van der Waals surface area (Å²) in [7, 11) is 0. The molecule has 1 N–H and O–H groups in total. The molecule has 2 saturated heterocycles. The summed E-state index contributed by atoms with van der Waals surface area (Å²) in [6.45, 7) is 9.24. The van der Waals surface area contributed by atoms with Crippen molar-refractivity contribution in [3.05, 3.63) is 0 Å². The van der Waals surface area contributed by atoms with E-state index >= 15 is 0 Å². The van der Waals surface area contributed by atoms with Crippen molar-refractivity contribution in [2.45, 2.75) is 51.6 Å². The van der Waals surface area contributed by atoms with Crippen LogP contribution in [-0.2, 0) is 14.3 Å². The third kappa shape index (κ3) is 3.24. The topological polar surface area (TPSA) is 79.0 Å². The normalized spacial score (nSPS) is 23.6. The van der Waals surface area contributed by atoms with E-state index in [0.717, 1.165) is 0 Å². The van der Waals surface area contributed by atoms with Gasteiger partial charge in [0, 0.05) is 19.5 Å². The molecule has 0 aromatic heterocycles. The number of hydrogen-bond acceptors (Lipinski definition) is 4. The van der Waals surface area contributed by atoms with Crippen molar-refractivity contribution < 1.29 is 19.1 Å². The molecule has 2 rings (SSSR count). The second-order valence-electron chi connectivity index (χ2n) is 7.03. The molecule has 2 aliphatic rings. The van der Waals surface area contributed by atoms with Crippen LogP contribution >= 0.6 is 0 Å². The zero-order chi connectivity index (χ0) is 16.5. The molecule has 0 radical (unpaired) electrons. The molecule has 7 heteroatoms. The highest BCUT2D eigenvalue weighted by Gasteiger charge is 2.44. The molecule has 0 atom stereocenters. The molecule has 0 aliphatic carbocycles. The zero-order valence-electron chi connectivity index (χ0n) is 13.8. The van der Waals surface area contributed by atoms with Crippen LogP contribution in [0, 0.1) is 0 Å². The van der Waals surface area contributed by atoms with Crippen molar-refractivity contribution >= 4 is 17.8 Å². The van der Waals surface area contributed by atoms with Crippen molar-refractivity contribution in [1.29, 1.82) is 0 Å². The van der Waals surface area contributed by atoms with E-state index in [1.165, 1.54) is 4.90 Å². The van der Waals surface area contributed by atoms with Crippen LogP contribution in [0.5, 0.6) is 0 Å². The maximum absolute atomic E-state index is 12.3. The summed E-state index contributed by atoms with van der Waals surface area (Å²) in [5, 5.41) is 2.63. The number of nitrogens with one attached hydrogen (secondary N) is 1. The van der Waals surface area contributed by atoms with Crippen LogP contribution in [0.2, 0.25) is 0 Å². The van der Waals surface area contributed by atoms with E-state index in [2.05, 4.69) is 5.32 Å². The van der Waals surface area contributed by atoms with Crippen molar-refractivity contribution in [2.75, 3.05) is 26.3 Å². The van der Waals surface area contributed by atoms with Gasteiger partial charge in [-0.05, 0) is 34.1 Å². The smallest absolute Gasteiger partial charge is 0.325 e. The Labute approximate surface area is 131 Å². The van der Waals surface area contributed by atoms with E-state index in [0.29, 0.717) is 32.6 Å². The van der Waals surface area contributed by atoms with Gasteiger partial charge < -0.3 is 15.0 Å². The lowest BCUT2D eigenvalue weighted by Crippen LogP contribution is -2.55. The number of hydrogen-bond donors (Lipinski definition) is 1. The van der Waals surface area contributed by atoms with E-state index in [1.54, 1.807) is 13.8 Å². The standard InChI is InChI=1S/C15H25N3O4/c1-14(2)10-22-9-8-18(14)11(19)6-5-7-17-12(20)15(3,4)16-13(17)21/h5-10H2,1-4H3,(H,16,21). The van der Waals surface area contributed by atoms with Crippen molar-refractivity contribution in [3.63, 3.8) is 0 Å². The van der Waals surface area contributed by atoms with Gasteiger partial charge in [0.1, 0.15) is 5.54 Å². The molecule has 2 heterocycles. The molecular formula is C15H25N3O4. The molecular weight excluding hydrogens is 286 g/mol. The number of ether oxygens (including phenoxy) is 1. The number of imide groups is 1. The molecule has 0 aromatic carbocycles. The van der Waals surface area contributed by atoms with Crippen LogP contribution in [0.1, 0.15) is 40.5 Å². The Morgan fingerprint density at radius 3 is 2.50 bits per heavy atom. The number of morpholine rings is 1. The van der Waals surface area contributed by atoms with Crippen LogP contribution in [-0.4, -0.2) is 65.0 Å². The molecule has 4 amide bonds. The second-order valence-corrected chi connectivity index (χ2v) is 7.03. The molecule has 124 valence electrons. The van der Waals surface area contributed by atoms with Gasteiger partial charge in [-0.25, -0.2) is 4.79 Å². The summed E-state index contributed by atoms with van der Waals surface area (Å²) in [6.07, 6.45) is 0.794. The predicted molar refractivity (Wildman–Crippen MR) is 80.2 cm³/mol. The summed E-state index contributed by atoms with van der Waals surface area (Å²) in [5.74, 6) is -0.198. The maximum atomic E-state index is 12.3. The first-order chi connectivity index (χ1) is 10.1. The quantitative estimate of drug-likeness (QED) is 0.777. The van der Waals surface area contributed by atoms with Crippen LogP contribution in [0.3, 0.4) is 0 Å². The van der Waals surface area contributed by atoms with E-state index in [4.69, 9.17) is 4.74 Å². The van der Waals surface area contributed by atoms with Crippen LogP contribution < -0.4 is 5.32 Å². The second kappa shape index (κ2) is 5.87. The number of carbonyl (C=O) groups excluding carboxylic acids is 3. The van der Waals surface area contributed by atoms with Gasteiger partial charge in [-0.3, -0.25) is 14.5 Å². The number of nitrogens with zero attached hydrogens (tertiary/aromatic N) is 2. The van der Waals surface area contributed by atoms with Crippen molar-refractivity contribution in [2.24, 2.45) is 0 Å². The van der Waals surface area contributed by atoms with Gasteiger partial charge in [0.2, 0.25) is 5.91 Å². The minimum absolute atomic E-state index is 0.0413. The largest absolute Gasteiger partial charge is 0.377 e. The lowest BCUT2D eigenvalue weighted by Gasteiger charge is -2.42. The summed E-state index contributed by atoms with van der Waals surface area (Å²) < 4.78 is 5.40. The average molecular weight is 311 g/mol. The fourth-order valence-electron chi connectivity index (χ4n) is 2.86. The first kappa shape index (κ1) is 16.7. The Morgan fingerprint density at radius 2 is 1.95 bits per heavy atom. The van der Waals surface area contributed by atoms with Crippen LogP contribution in [0.25, 0.3) is 0 Å². The fourth-order valence-corrected chi connectivity index (χ4v) is 2.86.